The van der Waals surface area contributed by atoms with Crippen molar-refractivity contribution < 1.29 is 13.6 Å². The second-order valence-electron chi connectivity index (χ2n) is 11.7. The Bertz CT molecular complexity index is 2040. The van der Waals surface area contributed by atoms with Gasteiger partial charge >= 0.3 is 0 Å². The highest BCUT2D eigenvalue weighted by Crippen LogP contribution is 2.50. The molecule has 1 aliphatic rings. The molecule has 2 unspecified atom stereocenters. The van der Waals surface area contributed by atoms with Gasteiger partial charge in [0.25, 0.3) is 0 Å². The van der Waals surface area contributed by atoms with Crippen molar-refractivity contribution in [2.24, 2.45) is 5.92 Å². The number of fused-ring (bicyclic) bond motifs is 7. The minimum atomic E-state index is -0.106. The van der Waals surface area contributed by atoms with E-state index in [1.54, 1.807) is 0 Å². The lowest BCUT2D eigenvalue weighted by Crippen LogP contribution is -2.27. The van der Waals surface area contributed by atoms with Gasteiger partial charge in [0, 0.05) is 34.5 Å². The fourth-order valence-corrected chi connectivity index (χ4v) is 6.51. The van der Waals surface area contributed by atoms with Gasteiger partial charge in [-0.1, -0.05) is 93.4 Å². The summed E-state index contributed by atoms with van der Waals surface area (Å²) in [5, 5.41) is 15.3. The molecule has 44 heavy (non-hydrogen) atoms. The van der Waals surface area contributed by atoms with E-state index in [4.69, 9.17) is 13.6 Å². The molecule has 0 amide bonds. The maximum atomic E-state index is 6.95. The van der Waals surface area contributed by atoms with Gasteiger partial charge in [0.05, 0.1) is 11.9 Å². The summed E-state index contributed by atoms with van der Waals surface area (Å²) in [5.41, 5.74) is 5.84. The van der Waals surface area contributed by atoms with E-state index in [1.165, 1.54) is 0 Å². The molecule has 0 aliphatic carbocycles. The molecular formula is C38H39N3O3. The van der Waals surface area contributed by atoms with Crippen LogP contribution < -0.4 is 20.7 Å². The highest BCUT2D eigenvalue weighted by Gasteiger charge is 2.36. The zero-order valence-electron chi connectivity index (χ0n) is 25.7. The van der Waals surface area contributed by atoms with E-state index in [2.05, 4.69) is 85.3 Å². The van der Waals surface area contributed by atoms with Gasteiger partial charge in [0.15, 0.2) is 11.3 Å². The summed E-state index contributed by atoms with van der Waals surface area (Å²) in [6.07, 6.45) is 2.07. The van der Waals surface area contributed by atoms with Gasteiger partial charge in [-0.3, -0.25) is 5.32 Å². The maximum Gasteiger partial charge on any atom is 0.214 e. The van der Waals surface area contributed by atoms with Crippen LogP contribution in [0.25, 0.3) is 43.9 Å². The van der Waals surface area contributed by atoms with Crippen LogP contribution in [0, 0.1) is 5.92 Å². The molecule has 0 saturated carbocycles. The average molecular weight is 586 g/mol. The predicted molar refractivity (Wildman–Crippen MR) is 181 cm³/mol. The molecule has 6 aromatic rings. The molecule has 0 fully saturated rings. The number of ether oxygens (including phenoxy) is 1. The van der Waals surface area contributed by atoms with Crippen LogP contribution in [-0.4, -0.2) is 13.6 Å². The van der Waals surface area contributed by atoms with Crippen molar-refractivity contribution in [3.8, 4) is 11.5 Å². The van der Waals surface area contributed by atoms with Crippen LogP contribution in [-0.2, 0) is 0 Å². The minimum absolute atomic E-state index is 0.00467. The molecule has 5 aromatic carbocycles. The second kappa shape index (κ2) is 11.9. The summed E-state index contributed by atoms with van der Waals surface area (Å²) in [6.45, 7) is 7.49. The number of hydrogen-bond donors (Lipinski definition) is 3. The lowest BCUT2D eigenvalue weighted by Gasteiger charge is -2.23. The molecule has 224 valence electrons. The van der Waals surface area contributed by atoms with E-state index < -0.39 is 0 Å². The Morgan fingerprint density at radius 1 is 0.773 bits per heavy atom. The molecule has 1 aromatic heterocycles. The first-order chi connectivity index (χ1) is 21.6. The van der Waals surface area contributed by atoms with Crippen molar-refractivity contribution in [3.05, 3.63) is 102 Å². The first-order valence-corrected chi connectivity index (χ1v) is 15.7. The van der Waals surface area contributed by atoms with E-state index in [0.29, 0.717) is 22.8 Å². The second-order valence-corrected chi connectivity index (χ2v) is 11.7. The fourth-order valence-electron chi connectivity index (χ4n) is 6.51. The fraction of sp³-hybridized carbons (Fsp3) is 0.263. The molecule has 0 spiro atoms. The summed E-state index contributed by atoms with van der Waals surface area (Å²) in [7, 11) is 1.98. The van der Waals surface area contributed by atoms with Gasteiger partial charge in [0.2, 0.25) is 5.58 Å². The van der Waals surface area contributed by atoms with Crippen LogP contribution >= 0.6 is 0 Å². The van der Waals surface area contributed by atoms with Gasteiger partial charge in [-0.05, 0) is 54.9 Å². The Kier molecular flexibility index (Phi) is 7.62. The standard InChI is InChI=1S/C38H39N3O3/c1-5-24(6-2)22-40-34-33-32(23(3)41-38(33)39-4)35-37(36(34)42-27-20-19-25-13-7-8-14-26(25)21-27)44-31-18-12-10-16-29(31)28-15-9-11-17-30(28)43-35/h7-21,23-24,38-41H,5-6,22H2,1-4H3. The topological polar surface area (TPSA) is 71.6 Å². The van der Waals surface area contributed by atoms with Gasteiger partial charge in [-0.15, -0.1) is 0 Å². The molecule has 6 nitrogen and oxygen atoms in total. The number of hydrogen-bond acceptors (Lipinski definition) is 6. The van der Waals surface area contributed by atoms with Crippen LogP contribution in [0.3, 0.4) is 0 Å². The monoisotopic (exact) mass is 585 g/mol. The first kappa shape index (κ1) is 28.3. The van der Waals surface area contributed by atoms with Crippen molar-refractivity contribution in [3.63, 3.8) is 0 Å². The first-order valence-electron chi connectivity index (χ1n) is 15.7. The maximum absolute atomic E-state index is 6.95. The Labute approximate surface area is 257 Å². The quantitative estimate of drug-likeness (QED) is 0.165. The zero-order chi connectivity index (χ0) is 30.2. The summed E-state index contributed by atoms with van der Waals surface area (Å²) >= 11 is 0. The molecule has 3 N–H and O–H groups in total. The third kappa shape index (κ3) is 4.94. The molecule has 0 radical (unpaired) electrons. The van der Waals surface area contributed by atoms with Crippen LogP contribution in [0.2, 0.25) is 0 Å². The highest BCUT2D eigenvalue weighted by molar-refractivity contribution is 6.03. The van der Waals surface area contributed by atoms with Crippen molar-refractivity contribution in [1.29, 1.82) is 0 Å². The van der Waals surface area contributed by atoms with E-state index in [-0.39, 0.29) is 12.2 Å². The van der Waals surface area contributed by atoms with Crippen molar-refractivity contribution in [1.82, 2.24) is 10.6 Å². The van der Waals surface area contributed by atoms with E-state index in [9.17, 15) is 0 Å². The molecule has 0 saturated heterocycles. The van der Waals surface area contributed by atoms with Crippen LogP contribution in [0.4, 0.5) is 5.69 Å². The Hall–Kier alpha value is -4.52. The molecule has 2 atom stereocenters. The zero-order valence-corrected chi connectivity index (χ0v) is 25.7. The normalized spacial score (nSPS) is 16.2. The Balaban J connectivity index is 1.60. The third-order valence-corrected chi connectivity index (χ3v) is 9.02. The number of anilines is 1. The van der Waals surface area contributed by atoms with Gasteiger partial charge < -0.3 is 24.2 Å². The average Bonchev–Trinajstić information content (AvgIpc) is 3.39. The largest absolute Gasteiger partial charge is 0.452 e. The van der Waals surface area contributed by atoms with E-state index in [1.807, 2.05) is 49.5 Å². The lowest BCUT2D eigenvalue weighted by atomic mass is 9.98. The molecular weight excluding hydrogens is 546 g/mol. The summed E-state index contributed by atoms with van der Waals surface area (Å²) in [6, 6.07) is 30.8. The Morgan fingerprint density at radius 3 is 2.09 bits per heavy atom. The highest BCUT2D eigenvalue weighted by atomic mass is 16.5. The number of benzene rings is 5. The molecule has 7 rings (SSSR count). The lowest BCUT2D eigenvalue weighted by molar-refractivity contribution is 0.462. The number of rotatable bonds is 8. The molecule has 0 bridgehead atoms. The Morgan fingerprint density at radius 2 is 1.41 bits per heavy atom. The number of para-hydroxylation sites is 2. The van der Waals surface area contributed by atoms with Crippen LogP contribution in [0.15, 0.2) is 99.8 Å². The van der Waals surface area contributed by atoms with Gasteiger partial charge in [-0.25, -0.2) is 0 Å². The minimum Gasteiger partial charge on any atom is -0.452 e. The predicted octanol–water partition coefficient (Wildman–Crippen LogP) is 10.1. The molecule has 2 heterocycles. The van der Waals surface area contributed by atoms with Crippen LogP contribution in [0.5, 0.6) is 11.5 Å². The molecule has 6 heteroatoms. The van der Waals surface area contributed by atoms with Gasteiger partial charge in [-0.2, -0.15) is 0 Å². The van der Waals surface area contributed by atoms with Crippen molar-refractivity contribution in [2.75, 3.05) is 18.9 Å². The summed E-state index contributed by atoms with van der Waals surface area (Å²) < 4.78 is 20.8. The van der Waals surface area contributed by atoms with Crippen molar-refractivity contribution in [2.45, 2.75) is 45.8 Å². The van der Waals surface area contributed by atoms with Gasteiger partial charge in [0.1, 0.15) is 16.9 Å². The SMILES string of the molecule is CCC(CC)CNc1c2c(c3oc4ccccc4c4ccccc4oc3c1Oc1ccc3ccccc3c1)C(C)NC2NC. The summed E-state index contributed by atoms with van der Waals surface area (Å²) in [5.74, 6) is 1.87. The third-order valence-electron chi connectivity index (χ3n) is 9.02. The van der Waals surface area contributed by atoms with Crippen molar-refractivity contribution >= 4 is 49.6 Å². The number of nitrogens with one attached hydrogen (secondary N) is 3. The molecule has 1 aliphatic heterocycles. The van der Waals surface area contributed by atoms with E-state index >= 15 is 0 Å². The smallest absolute Gasteiger partial charge is 0.214 e. The van der Waals surface area contributed by atoms with E-state index in [0.717, 1.165) is 74.7 Å². The summed E-state index contributed by atoms with van der Waals surface area (Å²) in [4.78, 5) is 0. The van der Waals surface area contributed by atoms with Crippen LogP contribution in [0.1, 0.15) is 56.9 Å².